The summed E-state index contributed by atoms with van der Waals surface area (Å²) < 4.78 is 0. The summed E-state index contributed by atoms with van der Waals surface area (Å²) in [5.74, 6) is 1.77. The summed E-state index contributed by atoms with van der Waals surface area (Å²) in [4.78, 5) is 0. The average Bonchev–Trinajstić information content (AvgIpc) is 3.62. The van der Waals surface area contributed by atoms with Gasteiger partial charge in [-0.3, -0.25) is 5.32 Å². The number of benzene rings is 2. The number of hydrogen-bond acceptors (Lipinski definition) is 1. The van der Waals surface area contributed by atoms with Crippen LogP contribution in [-0.2, 0) is 16.5 Å². The van der Waals surface area contributed by atoms with Crippen molar-refractivity contribution in [1.29, 1.82) is 0 Å². The molecule has 1 heteroatoms. The number of fused-ring (bicyclic) bond motifs is 9. The van der Waals surface area contributed by atoms with E-state index in [2.05, 4.69) is 67.7 Å². The molecule has 28 heavy (non-hydrogen) atoms. The molecule has 2 aromatic rings. The van der Waals surface area contributed by atoms with Gasteiger partial charge in [-0.05, 0) is 72.1 Å². The van der Waals surface area contributed by atoms with Gasteiger partial charge in [0.05, 0.1) is 5.54 Å². The van der Waals surface area contributed by atoms with Gasteiger partial charge in [-0.2, -0.15) is 0 Å². The van der Waals surface area contributed by atoms with Gasteiger partial charge in [0.25, 0.3) is 0 Å². The Morgan fingerprint density at radius 1 is 0.893 bits per heavy atom. The third-order valence-corrected chi connectivity index (χ3v) is 8.61. The Morgan fingerprint density at radius 3 is 2.21 bits per heavy atom. The molecule has 0 spiro atoms. The molecule has 0 radical (unpaired) electrons. The molecule has 6 rings (SSSR count). The highest BCUT2D eigenvalue weighted by Gasteiger charge is 2.63. The van der Waals surface area contributed by atoms with E-state index >= 15 is 0 Å². The minimum atomic E-state index is -0.0607. The normalized spacial score (nSPS) is 37.4. The lowest BCUT2D eigenvalue weighted by molar-refractivity contribution is 0.216. The Morgan fingerprint density at radius 2 is 1.54 bits per heavy atom. The molecule has 146 valence electrons. The highest BCUT2D eigenvalue weighted by Crippen LogP contribution is 2.67. The zero-order chi connectivity index (χ0) is 19.0. The first-order valence-corrected chi connectivity index (χ1v) is 11.6. The Hall–Kier alpha value is -1.60. The van der Waals surface area contributed by atoms with E-state index in [-0.39, 0.29) is 11.1 Å². The minimum absolute atomic E-state index is 0.0607. The first-order chi connectivity index (χ1) is 13.6. The van der Waals surface area contributed by atoms with Crippen LogP contribution in [0.1, 0.15) is 87.5 Å². The molecule has 2 aliphatic heterocycles. The van der Waals surface area contributed by atoms with E-state index in [4.69, 9.17) is 0 Å². The lowest BCUT2D eigenvalue weighted by Gasteiger charge is -2.41. The van der Waals surface area contributed by atoms with Gasteiger partial charge in [-0.15, -0.1) is 0 Å². The van der Waals surface area contributed by atoms with Crippen molar-refractivity contribution in [1.82, 2.24) is 5.32 Å². The Bertz CT molecular complexity index is 927. The molecule has 1 nitrogen and oxygen atoms in total. The number of nitrogens with one attached hydrogen (secondary N) is 1. The van der Waals surface area contributed by atoms with Crippen molar-refractivity contribution in [3.8, 4) is 0 Å². The van der Waals surface area contributed by atoms with Crippen LogP contribution in [0.3, 0.4) is 0 Å². The van der Waals surface area contributed by atoms with Crippen LogP contribution in [-0.4, -0.2) is 0 Å². The number of unbranched alkanes of at least 4 members (excludes halogenated alkanes) is 1. The van der Waals surface area contributed by atoms with Gasteiger partial charge >= 0.3 is 0 Å². The molecule has 2 saturated carbocycles. The highest BCUT2D eigenvalue weighted by atomic mass is 15.1. The van der Waals surface area contributed by atoms with E-state index < -0.39 is 0 Å². The van der Waals surface area contributed by atoms with Crippen LogP contribution < -0.4 is 5.32 Å². The maximum Gasteiger partial charge on any atom is 0.0675 e. The van der Waals surface area contributed by atoms with Crippen molar-refractivity contribution < 1.29 is 0 Å². The van der Waals surface area contributed by atoms with Gasteiger partial charge in [0.1, 0.15) is 0 Å². The first-order valence-electron chi connectivity index (χ1n) is 11.6. The monoisotopic (exact) mass is 371 g/mol. The number of rotatable bonds is 5. The lowest BCUT2D eigenvalue weighted by Crippen LogP contribution is -2.49. The Labute approximate surface area is 169 Å². The lowest BCUT2D eigenvalue weighted by atomic mass is 9.75. The molecule has 4 atom stereocenters. The zero-order valence-electron chi connectivity index (χ0n) is 17.4. The topological polar surface area (TPSA) is 12.0 Å². The third-order valence-electron chi connectivity index (χ3n) is 8.61. The van der Waals surface area contributed by atoms with Crippen LogP contribution in [0.5, 0.6) is 0 Å². The molecule has 2 aliphatic carbocycles. The fraction of sp³-hybridized carbons (Fsp3) is 0.556. The summed E-state index contributed by atoms with van der Waals surface area (Å²) >= 11 is 0. The van der Waals surface area contributed by atoms with Gasteiger partial charge in [-0.1, -0.05) is 81.1 Å². The second kappa shape index (κ2) is 5.72. The van der Waals surface area contributed by atoms with Gasteiger partial charge in [0.2, 0.25) is 0 Å². The van der Waals surface area contributed by atoms with Crippen LogP contribution in [0, 0.1) is 11.8 Å². The fourth-order valence-electron chi connectivity index (χ4n) is 7.07. The molecule has 2 aromatic carbocycles. The van der Waals surface area contributed by atoms with Crippen molar-refractivity contribution in [3.05, 3.63) is 70.8 Å². The summed E-state index contributed by atoms with van der Waals surface area (Å²) in [6, 6.07) is 18.8. The van der Waals surface area contributed by atoms with Gasteiger partial charge in [0, 0.05) is 5.54 Å². The van der Waals surface area contributed by atoms with Crippen LogP contribution in [0.2, 0.25) is 0 Å². The van der Waals surface area contributed by atoms with E-state index in [0.29, 0.717) is 5.41 Å². The SMILES string of the molecule is CCCC[C@@]12C[C@@H]1CC1(CC3CC3)N[C@@](C)(c3ccccc31)c1ccccc12. The van der Waals surface area contributed by atoms with E-state index in [1.165, 1.54) is 56.9 Å². The summed E-state index contributed by atoms with van der Waals surface area (Å²) in [6.45, 7) is 4.81. The van der Waals surface area contributed by atoms with Gasteiger partial charge < -0.3 is 0 Å². The zero-order valence-corrected chi connectivity index (χ0v) is 17.4. The molecule has 2 bridgehead atoms. The van der Waals surface area contributed by atoms with E-state index in [1.807, 2.05) is 0 Å². The standard InChI is InChI=1S/C27H33N/c1-3-4-15-26-17-20(26)18-27(16-19-13-14-19)24-12-8-6-10-22(24)25(2,28-27)21-9-5-7-11-23(21)26/h5-12,19-20,28H,3-4,13-18H2,1-2H3/t20-,25-,26-,27?/m1/s1. The van der Waals surface area contributed by atoms with Gasteiger partial charge in [0.15, 0.2) is 0 Å². The highest BCUT2D eigenvalue weighted by molar-refractivity contribution is 5.57. The van der Waals surface area contributed by atoms with Crippen molar-refractivity contribution in [2.24, 2.45) is 11.8 Å². The predicted molar refractivity (Wildman–Crippen MR) is 115 cm³/mol. The second-order valence-electron chi connectivity index (χ2n) is 10.4. The second-order valence-corrected chi connectivity index (χ2v) is 10.4. The maximum absolute atomic E-state index is 4.31. The molecular formula is C27H33N. The fourth-order valence-corrected chi connectivity index (χ4v) is 7.07. The quantitative estimate of drug-likeness (QED) is 0.641. The molecule has 1 N–H and O–H groups in total. The van der Waals surface area contributed by atoms with Crippen molar-refractivity contribution in [2.45, 2.75) is 81.7 Å². The Balaban J connectivity index is 1.58. The van der Waals surface area contributed by atoms with Crippen LogP contribution >= 0.6 is 0 Å². The largest absolute Gasteiger partial charge is 0.294 e. The van der Waals surface area contributed by atoms with Crippen molar-refractivity contribution >= 4 is 0 Å². The maximum atomic E-state index is 4.31. The molecule has 2 heterocycles. The first kappa shape index (κ1) is 17.3. The molecule has 0 amide bonds. The smallest absolute Gasteiger partial charge is 0.0675 e. The molecule has 0 saturated heterocycles. The van der Waals surface area contributed by atoms with Gasteiger partial charge in [-0.25, -0.2) is 0 Å². The van der Waals surface area contributed by atoms with E-state index in [0.717, 1.165) is 11.8 Å². The summed E-state index contributed by atoms with van der Waals surface area (Å²) in [5.41, 5.74) is 6.91. The summed E-state index contributed by atoms with van der Waals surface area (Å²) in [7, 11) is 0. The molecular weight excluding hydrogens is 338 g/mol. The minimum Gasteiger partial charge on any atom is -0.294 e. The van der Waals surface area contributed by atoms with Crippen molar-refractivity contribution in [2.75, 3.05) is 0 Å². The summed E-state index contributed by atoms with van der Waals surface area (Å²) in [6.07, 6.45) is 11.0. The van der Waals surface area contributed by atoms with E-state index in [1.54, 1.807) is 16.7 Å². The van der Waals surface area contributed by atoms with E-state index in [9.17, 15) is 0 Å². The van der Waals surface area contributed by atoms with Crippen molar-refractivity contribution in [3.63, 3.8) is 0 Å². The van der Waals surface area contributed by atoms with Crippen LogP contribution in [0.25, 0.3) is 0 Å². The third kappa shape index (κ3) is 2.23. The molecule has 0 aromatic heterocycles. The molecule has 4 aliphatic rings. The molecule has 2 fully saturated rings. The van der Waals surface area contributed by atoms with Crippen LogP contribution in [0.15, 0.2) is 48.5 Å². The molecule has 1 unspecified atom stereocenters. The number of hydrogen-bond donors (Lipinski definition) is 1. The Kier molecular flexibility index (Phi) is 3.53. The average molecular weight is 372 g/mol. The van der Waals surface area contributed by atoms with Crippen LogP contribution in [0.4, 0.5) is 0 Å². The summed E-state index contributed by atoms with van der Waals surface area (Å²) in [5, 5.41) is 4.31. The predicted octanol–water partition coefficient (Wildman–Crippen LogP) is 6.40.